The average Bonchev–Trinajstić information content (AvgIpc) is 2.74. The first-order chi connectivity index (χ1) is 8.15. The third kappa shape index (κ3) is 3.90. The molecule has 94 valence electrons. The molecule has 1 atom stereocenters. The molecule has 1 aliphatic carbocycles. The summed E-state index contributed by atoms with van der Waals surface area (Å²) in [5.41, 5.74) is 6.96. The molecule has 0 saturated heterocycles. The van der Waals surface area contributed by atoms with Crippen LogP contribution in [0.3, 0.4) is 0 Å². The summed E-state index contributed by atoms with van der Waals surface area (Å²) in [5, 5.41) is 1.66. The number of nitrogens with two attached hydrogens (primary N) is 1. The van der Waals surface area contributed by atoms with E-state index in [1.54, 1.807) is 0 Å². The lowest BCUT2D eigenvalue weighted by Crippen LogP contribution is -2.17. The quantitative estimate of drug-likeness (QED) is 0.884. The van der Waals surface area contributed by atoms with Crippen LogP contribution >= 0.6 is 23.4 Å². The van der Waals surface area contributed by atoms with Crippen molar-refractivity contribution in [2.45, 2.75) is 55.2 Å². The van der Waals surface area contributed by atoms with Crippen molar-refractivity contribution in [3.8, 4) is 0 Å². The molecule has 0 aliphatic heterocycles. The zero-order valence-corrected chi connectivity index (χ0v) is 11.9. The summed E-state index contributed by atoms with van der Waals surface area (Å²) in [6.45, 7) is 2.01. The van der Waals surface area contributed by atoms with Crippen LogP contribution in [0.4, 0.5) is 0 Å². The smallest absolute Gasteiger partial charge is 0.0449 e. The Morgan fingerprint density at radius 1 is 1.41 bits per heavy atom. The maximum Gasteiger partial charge on any atom is 0.0449 e. The van der Waals surface area contributed by atoms with Gasteiger partial charge in [-0.05, 0) is 43.9 Å². The first-order valence-corrected chi connectivity index (χ1v) is 7.61. The molecule has 1 aromatic rings. The summed E-state index contributed by atoms with van der Waals surface area (Å²) < 4.78 is 0. The van der Waals surface area contributed by atoms with Crippen LogP contribution in [0.25, 0.3) is 0 Å². The topological polar surface area (TPSA) is 26.0 Å². The molecule has 1 saturated carbocycles. The molecule has 0 radical (unpaired) electrons. The van der Waals surface area contributed by atoms with Crippen LogP contribution in [0.5, 0.6) is 0 Å². The van der Waals surface area contributed by atoms with Gasteiger partial charge in [-0.25, -0.2) is 0 Å². The monoisotopic (exact) mass is 269 g/mol. The Morgan fingerprint density at radius 2 is 2.12 bits per heavy atom. The molecule has 1 fully saturated rings. The molecule has 2 N–H and O–H groups in total. The van der Waals surface area contributed by atoms with Gasteiger partial charge in [0.25, 0.3) is 0 Å². The normalized spacial score (nSPS) is 18.5. The van der Waals surface area contributed by atoms with E-state index in [0.29, 0.717) is 0 Å². The van der Waals surface area contributed by atoms with Crippen molar-refractivity contribution in [2.24, 2.45) is 5.73 Å². The maximum atomic E-state index is 6.29. The number of hydrogen-bond donors (Lipinski definition) is 1. The van der Waals surface area contributed by atoms with Crippen LogP contribution in [0, 0.1) is 0 Å². The predicted octanol–water partition coefficient (Wildman–Crippen LogP) is 4.26. The van der Waals surface area contributed by atoms with Crippen molar-refractivity contribution in [1.82, 2.24) is 0 Å². The van der Waals surface area contributed by atoms with Crippen LogP contribution in [0.15, 0.2) is 23.1 Å². The van der Waals surface area contributed by atoms with Crippen molar-refractivity contribution in [3.63, 3.8) is 0 Å². The zero-order chi connectivity index (χ0) is 12.3. The van der Waals surface area contributed by atoms with E-state index >= 15 is 0 Å². The third-order valence-corrected chi connectivity index (χ3v) is 4.85. The van der Waals surface area contributed by atoms with Crippen molar-refractivity contribution in [3.05, 3.63) is 28.8 Å². The van der Waals surface area contributed by atoms with E-state index in [4.69, 9.17) is 17.3 Å². The van der Waals surface area contributed by atoms with Crippen molar-refractivity contribution in [2.75, 3.05) is 0 Å². The second-order valence-corrected chi connectivity index (χ2v) is 6.74. The Labute approximate surface area is 113 Å². The Morgan fingerprint density at radius 3 is 2.71 bits per heavy atom. The Bertz CT molecular complexity index is 372. The summed E-state index contributed by atoms with van der Waals surface area (Å²) in [4.78, 5) is 1.30. The van der Waals surface area contributed by atoms with Gasteiger partial charge >= 0.3 is 0 Å². The fourth-order valence-corrected chi connectivity index (χ4v) is 3.92. The molecule has 1 aliphatic rings. The summed E-state index contributed by atoms with van der Waals surface area (Å²) in [6, 6.07) is 6.58. The van der Waals surface area contributed by atoms with E-state index in [1.807, 2.05) is 18.7 Å². The number of hydrogen-bond acceptors (Lipinski definition) is 2. The number of rotatable bonds is 4. The van der Waals surface area contributed by atoms with Crippen LogP contribution in [0.2, 0.25) is 5.02 Å². The minimum atomic E-state index is 0.167. The van der Waals surface area contributed by atoms with Gasteiger partial charge in [0.05, 0.1) is 0 Å². The largest absolute Gasteiger partial charge is 0.328 e. The molecular formula is C14H20ClNS. The highest BCUT2D eigenvalue weighted by Gasteiger charge is 2.16. The molecule has 1 unspecified atom stereocenters. The Balaban J connectivity index is 2.02. The highest BCUT2D eigenvalue weighted by Crippen LogP contribution is 2.36. The van der Waals surface area contributed by atoms with E-state index in [1.165, 1.54) is 30.6 Å². The fraction of sp³-hybridized carbons (Fsp3) is 0.571. The van der Waals surface area contributed by atoms with E-state index in [9.17, 15) is 0 Å². The highest BCUT2D eigenvalue weighted by atomic mass is 35.5. The maximum absolute atomic E-state index is 6.29. The molecule has 1 nitrogen and oxygen atoms in total. The summed E-state index contributed by atoms with van der Waals surface area (Å²) in [7, 11) is 0. The molecule has 0 amide bonds. The van der Waals surface area contributed by atoms with Crippen LogP contribution in [0.1, 0.15) is 38.2 Å². The number of halogens is 1. The molecule has 0 bridgehead atoms. The van der Waals surface area contributed by atoms with Crippen LogP contribution < -0.4 is 5.73 Å². The van der Waals surface area contributed by atoms with Crippen molar-refractivity contribution in [1.29, 1.82) is 0 Å². The lowest BCUT2D eigenvalue weighted by Gasteiger charge is -2.12. The molecule has 0 spiro atoms. The minimum Gasteiger partial charge on any atom is -0.328 e. The van der Waals surface area contributed by atoms with Crippen LogP contribution in [-0.2, 0) is 6.42 Å². The highest BCUT2D eigenvalue weighted by molar-refractivity contribution is 8.00. The van der Waals surface area contributed by atoms with Crippen molar-refractivity contribution >= 4 is 23.4 Å². The SMILES string of the molecule is CC(N)Cc1ccc(SC2CCCC2)cc1Cl. The molecule has 3 heteroatoms. The lowest BCUT2D eigenvalue weighted by molar-refractivity contribution is 0.738. The summed E-state index contributed by atoms with van der Waals surface area (Å²) >= 11 is 8.27. The Kier molecular flexibility index (Phi) is 4.78. The van der Waals surface area contributed by atoms with Crippen molar-refractivity contribution < 1.29 is 0 Å². The zero-order valence-electron chi connectivity index (χ0n) is 10.3. The van der Waals surface area contributed by atoms with Gasteiger partial charge < -0.3 is 5.73 Å². The molecule has 17 heavy (non-hydrogen) atoms. The standard InChI is InChI=1S/C14H20ClNS/c1-10(16)8-11-6-7-13(9-14(11)15)17-12-4-2-3-5-12/h6-7,9-10,12H,2-5,8,16H2,1H3. The van der Waals surface area contributed by atoms with E-state index in [2.05, 4.69) is 18.2 Å². The van der Waals surface area contributed by atoms with E-state index < -0.39 is 0 Å². The molecular weight excluding hydrogens is 250 g/mol. The van der Waals surface area contributed by atoms with Gasteiger partial charge in [0.15, 0.2) is 0 Å². The van der Waals surface area contributed by atoms with Gasteiger partial charge in [-0.15, -0.1) is 11.8 Å². The van der Waals surface area contributed by atoms with Gasteiger partial charge in [-0.2, -0.15) is 0 Å². The molecule has 0 aromatic heterocycles. The second kappa shape index (κ2) is 6.12. The average molecular weight is 270 g/mol. The van der Waals surface area contributed by atoms with E-state index in [0.717, 1.165) is 22.3 Å². The second-order valence-electron chi connectivity index (χ2n) is 4.96. The third-order valence-electron chi connectivity index (χ3n) is 3.17. The first-order valence-electron chi connectivity index (χ1n) is 6.36. The summed E-state index contributed by atoms with van der Waals surface area (Å²) in [5.74, 6) is 0. The molecule has 0 heterocycles. The van der Waals surface area contributed by atoms with Gasteiger partial charge in [-0.1, -0.05) is 30.5 Å². The lowest BCUT2D eigenvalue weighted by atomic mass is 10.1. The van der Waals surface area contributed by atoms with E-state index in [-0.39, 0.29) is 6.04 Å². The summed E-state index contributed by atoms with van der Waals surface area (Å²) in [6.07, 6.45) is 6.32. The molecule has 2 rings (SSSR count). The predicted molar refractivity (Wildman–Crippen MR) is 76.9 cm³/mol. The van der Waals surface area contributed by atoms with Crippen LogP contribution in [-0.4, -0.2) is 11.3 Å². The number of thioether (sulfide) groups is 1. The van der Waals surface area contributed by atoms with Gasteiger partial charge in [0.2, 0.25) is 0 Å². The Hall–Kier alpha value is -0.180. The van der Waals surface area contributed by atoms with Gasteiger partial charge in [0, 0.05) is 21.2 Å². The minimum absolute atomic E-state index is 0.167. The van der Waals surface area contributed by atoms with Gasteiger partial charge in [-0.3, -0.25) is 0 Å². The molecule has 1 aromatic carbocycles. The first kappa shape index (κ1) is 13.3. The van der Waals surface area contributed by atoms with Gasteiger partial charge in [0.1, 0.15) is 0 Å². The number of benzene rings is 1. The fourth-order valence-electron chi connectivity index (χ4n) is 2.31.